The molecule has 0 spiro atoms. The minimum Gasteiger partial charge on any atom is -0.444 e. The number of nitrogens with zero attached hydrogens (tertiary/aromatic N) is 2. The van der Waals surface area contributed by atoms with Crippen LogP contribution in [0.1, 0.15) is 54.3 Å². The monoisotopic (exact) mass is 536 g/mol. The molecule has 0 radical (unpaired) electrons. The third-order valence-corrected chi connectivity index (χ3v) is 6.07. The third kappa shape index (κ3) is 6.55. The van der Waals surface area contributed by atoms with Crippen LogP contribution in [0.15, 0.2) is 22.7 Å². The zero-order valence-corrected chi connectivity index (χ0v) is 21.1. The Bertz CT molecular complexity index is 998. The van der Waals surface area contributed by atoms with Crippen LogP contribution >= 0.6 is 15.9 Å². The van der Waals surface area contributed by atoms with E-state index in [1.54, 1.807) is 43.9 Å². The minimum atomic E-state index is -0.635. The van der Waals surface area contributed by atoms with Gasteiger partial charge >= 0.3 is 6.09 Å². The first kappa shape index (κ1) is 25.7. The lowest BCUT2D eigenvalue weighted by molar-refractivity contribution is -0.131. The van der Waals surface area contributed by atoms with E-state index in [-0.39, 0.29) is 30.5 Å². The van der Waals surface area contributed by atoms with E-state index in [9.17, 15) is 24.0 Å². The van der Waals surface area contributed by atoms with Gasteiger partial charge in [-0.05, 0) is 57.7 Å². The number of likely N-dealkylation sites (tertiary alicyclic amines) is 1. The van der Waals surface area contributed by atoms with Crippen molar-refractivity contribution in [1.82, 2.24) is 20.4 Å². The summed E-state index contributed by atoms with van der Waals surface area (Å²) in [6.45, 7) is 6.20. The number of amides is 5. The van der Waals surface area contributed by atoms with Crippen molar-refractivity contribution in [2.24, 2.45) is 5.92 Å². The summed E-state index contributed by atoms with van der Waals surface area (Å²) < 4.78 is 5.81. The summed E-state index contributed by atoms with van der Waals surface area (Å²) in [6, 6.07) is 4.82. The molecule has 1 saturated heterocycles. The van der Waals surface area contributed by atoms with Gasteiger partial charge in [-0.2, -0.15) is 0 Å². The van der Waals surface area contributed by atoms with Crippen molar-refractivity contribution in [3.05, 3.63) is 33.8 Å². The number of nitrogens with one attached hydrogen (secondary N) is 2. The Morgan fingerprint density at radius 3 is 2.35 bits per heavy atom. The van der Waals surface area contributed by atoms with E-state index in [1.807, 2.05) is 0 Å². The minimum absolute atomic E-state index is 0.132. The van der Waals surface area contributed by atoms with Crippen molar-refractivity contribution in [2.75, 3.05) is 32.7 Å². The van der Waals surface area contributed by atoms with Gasteiger partial charge in [-0.15, -0.1) is 0 Å². The number of carbonyl (C=O) groups is 5. The van der Waals surface area contributed by atoms with Gasteiger partial charge in [0.05, 0.1) is 11.1 Å². The molecular weight excluding hydrogens is 508 g/mol. The van der Waals surface area contributed by atoms with Crippen LogP contribution in [-0.2, 0) is 14.3 Å². The Balaban J connectivity index is 1.38. The maximum atomic E-state index is 12.5. The number of rotatable bonds is 6. The van der Waals surface area contributed by atoms with Crippen LogP contribution in [0.4, 0.5) is 4.79 Å². The number of fused-ring (bicyclic) bond motifs is 1. The van der Waals surface area contributed by atoms with Crippen LogP contribution in [0.25, 0.3) is 0 Å². The molecule has 2 aliphatic rings. The van der Waals surface area contributed by atoms with E-state index in [0.29, 0.717) is 42.5 Å². The molecule has 1 fully saturated rings. The van der Waals surface area contributed by atoms with Crippen molar-refractivity contribution in [1.29, 1.82) is 0 Å². The van der Waals surface area contributed by atoms with Crippen LogP contribution in [0.5, 0.6) is 0 Å². The first-order valence-corrected chi connectivity index (χ1v) is 11.9. The first-order valence-electron chi connectivity index (χ1n) is 11.1. The fourth-order valence-electron chi connectivity index (χ4n) is 3.82. The maximum Gasteiger partial charge on any atom is 0.408 e. The van der Waals surface area contributed by atoms with Crippen LogP contribution in [0, 0.1) is 5.92 Å². The molecule has 34 heavy (non-hydrogen) atoms. The molecule has 2 heterocycles. The molecule has 0 unspecified atom stereocenters. The van der Waals surface area contributed by atoms with Gasteiger partial charge in [-0.1, -0.05) is 15.9 Å². The van der Waals surface area contributed by atoms with Crippen molar-refractivity contribution in [3.8, 4) is 0 Å². The average Bonchev–Trinajstić information content (AvgIpc) is 2.99. The number of alkyl carbamates (subject to hydrolysis) is 1. The molecule has 0 atom stereocenters. The molecule has 0 bridgehead atoms. The zero-order valence-electron chi connectivity index (χ0n) is 19.5. The highest BCUT2D eigenvalue weighted by Gasteiger charge is 2.36. The highest BCUT2D eigenvalue weighted by Crippen LogP contribution is 2.25. The summed E-state index contributed by atoms with van der Waals surface area (Å²) in [7, 11) is 0. The number of benzene rings is 1. The van der Waals surface area contributed by atoms with Gasteiger partial charge in [0.1, 0.15) is 18.7 Å². The van der Waals surface area contributed by atoms with Crippen molar-refractivity contribution in [3.63, 3.8) is 0 Å². The Kier molecular flexibility index (Phi) is 7.96. The number of hydrogen-bond acceptors (Lipinski definition) is 6. The number of ether oxygens (including phenoxy) is 1. The molecule has 0 saturated carbocycles. The van der Waals surface area contributed by atoms with Crippen LogP contribution < -0.4 is 10.6 Å². The summed E-state index contributed by atoms with van der Waals surface area (Å²) in [5, 5.41) is 5.26. The molecule has 2 aliphatic heterocycles. The van der Waals surface area contributed by atoms with E-state index in [1.165, 1.54) is 0 Å². The van der Waals surface area contributed by atoms with Gasteiger partial charge in [0, 0.05) is 24.1 Å². The highest BCUT2D eigenvalue weighted by molar-refractivity contribution is 9.10. The summed E-state index contributed by atoms with van der Waals surface area (Å²) in [5.74, 6) is -1.39. The molecule has 184 valence electrons. The number of imide groups is 1. The Morgan fingerprint density at radius 2 is 1.71 bits per heavy atom. The Morgan fingerprint density at radius 1 is 1.06 bits per heavy atom. The SMILES string of the molecule is CC(C)(C)OC(=O)NCC(=O)N1CCC(CNC(=O)CN2C(=O)c3ccc(Br)cc3C2=O)CC1. The number of halogens is 1. The lowest BCUT2D eigenvalue weighted by Crippen LogP contribution is -2.47. The Labute approximate surface area is 206 Å². The second-order valence-electron chi connectivity index (χ2n) is 9.37. The van der Waals surface area contributed by atoms with Gasteiger partial charge in [-0.25, -0.2) is 4.79 Å². The predicted octanol–water partition coefficient (Wildman–Crippen LogP) is 1.92. The second-order valence-corrected chi connectivity index (χ2v) is 10.3. The molecule has 0 aliphatic carbocycles. The topological polar surface area (TPSA) is 125 Å². The molecule has 3 rings (SSSR count). The van der Waals surface area contributed by atoms with Gasteiger partial charge < -0.3 is 20.3 Å². The normalized spacial score (nSPS) is 16.4. The molecule has 1 aromatic carbocycles. The summed E-state index contributed by atoms with van der Waals surface area (Å²) >= 11 is 3.28. The summed E-state index contributed by atoms with van der Waals surface area (Å²) in [4.78, 5) is 64.0. The molecule has 11 heteroatoms. The zero-order chi connectivity index (χ0) is 25.0. The quantitative estimate of drug-likeness (QED) is 0.535. The summed E-state index contributed by atoms with van der Waals surface area (Å²) in [6.07, 6.45) is 0.753. The van der Waals surface area contributed by atoms with Crippen LogP contribution in [0.3, 0.4) is 0 Å². The number of piperidine rings is 1. The van der Waals surface area contributed by atoms with E-state index in [0.717, 1.165) is 4.90 Å². The molecule has 1 aromatic rings. The largest absolute Gasteiger partial charge is 0.444 e. The van der Waals surface area contributed by atoms with Gasteiger partial charge in [0.2, 0.25) is 11.8 Å². The van der Waals surface area contributed by atoms with Crippen LogP contribution in [0.2, 0.25) is 0 Å². The highest BCUT2D eigenvalue weighted by atomic mass is 79.9. The van der Waals surface area contributed by atoms with Crippen molar-refractivity contribution in [2.45, 2.75) is 39.2 Å². The van der Waals surface area contributed by atoms with E-state index >= 15 is 0 Å². The van der Waals surface area contributed by atoms with Gasteiger partial charge in [-0.3, -0.25) is 24.1 Å². The van der Waals surface area contributed by atoms with Crippen LogP contribution in [-0.4, -0.2) is 77.8 Å². The smallest absolute Gasteiger partial charge is 0.408 e. The maximum absolute atomic E-state index is 12.5. The van der Waals surface area contributed by atoms with E-state index in [2.05, 4.69) is 26.6 Å². The fraction of sp³-hybridized carbons (Fsp3) is 0.522. The molecule has 5 amide bonds. The predicted molar refractivity (Wildman–Crippen MR) is 126 cm³/mol. The molecular formula is C23H29BrN4O6. The number of hydrogen-bond donors (Lipinski definition) is 2. The molecule has 10 nitrogen and oxygen atoms in total. The standard InChI is InChI=1S/C23H29BrN4O6/c1-23(2,3)34-22(33)26-12-19(30)27-8-6-14(7-9-27)11-25-18(29)13-28-20(31)16-5-4-15(24)10-17(16)21(28)32/h4-5,10,14H,6-9,11-13H2,1-3H3,(H,25,29)(H,26,33). The second kappa shape index (κ2) is 10.5. The van der Waals surface area contributed by atoms with Crippen molar-refractivity contribution >= 4 is 45.7 Å². The molecule has 2 N–H and O–H groups in total. The lowest BCUT2D eigenvalue weighted by atomic mass is 9.96. The van der Waals surface area contributed by atoms with Crippen molar-refractivity contribution < 1.29 is 28.7 Å². The van der Waals surface area contributed by atoms with Gasteiger partial charge in [0.15, 0.2) is 0 Å². The Hall–Kier alpha value is -2.95. The lowest BCUT2D eigenvalue weighted by Gasteiger charge is -2.32. The van der Waals surface area contributed by atoms with Gasteiger partial charge in [0.25, 0.3) is 11.8 Å². The first-order chi connectivity index (χ1) is 15.9. The fourth-order valence-corrected chi connectivity index (χ4v) is 4.19. The number of carbonyl (C=O) groups excluding carboxylic acids is 5. The molecule has 0 aromatic heterocycles. The van der Waals surface area contributed by atoms with E-state index < -0.39 is 29.4 Å². The summed E-state index contributed by atoms with van der Waals surface area (Å²) in [5.41, 5.74) is -0.0589. The van der Waals surface area contributed by atoms with E-state index in [4.69, 9.17) is 4.74 Å². The average molecular weight is 537 g/mol. The third-order valence-electron chi connectivity index (χ3n) is 5.57.